The number of thiophene rings is 1. The summed E-state index contributed by atoms with van der Waals surface area (Å²) in [6, 6.07) is 27.0. The lowest BCUT2D eigenvalue weighted by atomic mass is 10.0. The Labute approximate surface area is 223 Å². The van der Waals surface area contributed by atoms with Crippen LogP contribution >= 0.6 is 23.1 Å². The Kier molecular flexibility index (Phi) is 7.12. The average Bonchev–Trinajstić information content (AvgIpc) is 3.24. The predicted molar refractivity (Wildman–Crippen MR) is 156 cm³/mol. The van der Waals surface area contributed by atoms with E-state index in [-0.39, 0.29) is 17.2 Å². The summed E-state index contributed by atoms with van der Waals surface area (Å²) < 4.78 is 1.62. The van der Waals surface area contributed by atoms with Gasteiger partial charge in [-0.1, -0.05) is 60.3 Å². The number of amides is 1. The largest absolute Gasteiger partial charge is 0.378 e. The predicted octanol–water partition coefficient (Wildman–Crippen LogP) is 6.22. The van der Waals surface area contributed by atoms with Crippen LogP contribution in [0, 0.1) is 6.92 Å². The summed E-state index contributed by atoms with van der Waals surface area (Å²) in [5, 5.41) is 4.03. The van der Waals surface area contributed by atoms with Crippen LogP contribution in [0.25, 0.3) is 27.0 Å². The molecule has 0 unspecified atom stereocenters. The van der Waals surface area contributed by atoms with Crippen LogP contribution in [0.1, 0.15) is 4.88 Å². The molecule has 0 saturated carbocycles. The molecule has 8 heteroatoms. The van der Waals surface area contributed by atoms with Gasteiger partial charge in [-0.25, -0.2) is 4.98 Å². The van der Waals surface area contributed by atoms with Crippen LogP contribution in [0.3, 0.4) is 0 Å². The number of carbonyl (C=O) groups excluding carboxylic acids is 1. The quantitative estimate of drug-likeness (QED) is 0.201. The lowest BCUT2D eigenvalue weighted by molar-refractivity contribution is -0.113. The van der Waals surface area contributed by atoms with E-state index in [1.165, 1.54) is 23.1 Å². The standard InChI is InChI=1S/C29H26N4O2S2/c1-19-25(20-10-6-4-7-11-20)26-27(37-19)31-29(33(28(26)35)23-12-8-5-9-13-23)36-18-24(34)30-21-14-16-22(17-15-21)32(2)3/h4-17H,18H2,1-3H3,(H,30,34). The summed E-state index contributed by atoms with van der Waals surface area (Å²) >= 11 is 2.76. The maximum Gasteiger partial charge on any atom is 0.268 e. The Hall–Kier alpha value is -3.88. The minimum atomic E-state index is -0.163. The molecule has 6 nitrogen and oxygen atoms in total. The molecule has 2 aromatic heterocycles. The van der Waals surface area contributed by atoms with Crippen molar-refractivity contribution in [3.05, 3.63) is 100 Å². The van der Waals surface area contributed by atoms with Crippen LogP contribution in [0.2, 0.25) is 0 Å². The van der Waals surface area contributed by atoms with Gasteiger partial charge in [0.15, 0.2) is 5.16 Å². The highest BCUT2D eigenvalue weighted by molar-refractivity contribution is 7.99. The summed E-state index contributed by atoms with van der Waals surface area (Å²) in [5.41, 5.74) is 4.26. The molecule has 0 spiro atoms. The number of aromatic nitrogens is 2. The van der Waals surface area contributed by atoms with E-state index in [1.807, 2.05) is 111 Å². The fourth-order valence-corrected chi connectivity index (χ4v) is 6.07. The monoisotopic (exact) mass is 526 g/mol. The summed E-state index contributed by atoms with van der Waals surface area (Å²) in [6.45, 7) is 2.02. The Morgan fingerprint density at radius 2 is 1.62 bits per heavy atom. The van der Waals surface area contributed by atoms with Gasteiger partial charge in [-0.15, -0.1) is 11.3 Å². The van der Waals surface area contributed by atoms with Gasteiger partial charge in [-0.05, 0) is 48.9 Å². The molecule has 5 rings (SSSR count). The van der Waals surface area contributed by atoms with Gasteiger partial charge in [0, 0.05) is 35.9 Å². The molecule has 37 heavy (non-hydrogen) atoms. The number of hydrogen-bond donors (Lipinski definition) is 1. The number of rotatable bonds is 7. The van der Waals surface area contributed by atoms with Crippen molar-refractivity contribution < 1.29 is 4.79 Å². The molecule has 1 amide bonds. The first-order chi connectivity index (χ1) is 17.9. The van der Waals surface area contributed by atoms with Crippen molar-refractivity contribution in [1.29, 1.82) is 0 Å². The number of anilines is 2. The number of benzene rings is 3. The summed E-state index contributed by atoms with van der Waals surface area (Å²) in [5.74, 6) is -0.0419. The zero-order chi connectivity index (χ0) is 25.9. The minimum absolute atomic E-state index is 0.121. The minimum Gasteiger partial charge on any atom is -0.378 e. The lowest BCUT2D eigenvalue weighted by Gasteiger charge is -2.14. The molecule has 186 valence electrons. The van der Waals surface area contributed by atoms with Gasteiger partial charge >= 0.3 is 0 Å². The molecule has 3 aromatic carbocycles. The molecule has 0 aliphatic rings. The Bertz CT molecular complexity index is 1610. The second-order valence-corrected chi connectivity index (χ2v) is 10.9. The molecule has 0 atom stereocenters. The molecule has 0 aliphatic heterocycles. The summed E-state index contributed by atoms with van der Waals surface area (Å²) in [7, 11) is 3.94. The maximum atomic E-state index is 14.0. The third-order valence-corrected chi connectivity index (χ3v) is 7.89. The highest BCUT2D eigenvalue weighted by Gasteiger charge is 2.21. The van der Waals surface area contributed by atoms with E-state index in [2.05, 4.69) is 5.32 Å². The summed E-state index contributed by atoms with van der Waals surface area (Å²) in [6.07, 6.45) is 0. The van der Waals surface area contributed by atoms with Crippen molar-refractivity contribution in [2.45, 2.75) is 12.1 Å². The molecule has 0 saturated heterocycles. The number of nitrogens with zero attached hydrogens (tertiary/aromatic N) is 3. The van der Waals surface area contributed by atoms with E-state index < -0.39 is 0 Å². The molecule has 0 fully saturated rings. The van der Waals surface area contributed by atoms with E-state index in [1.54, 1.807) is 4.57 Å². The molecule has 0 aliphatic carbocycles. The van der Waals surface area contributed by atoms with Gasteiger partial charge in [-0.2, -0.15) is 0 Å². The van der Waals surface area contributed by atoms with Crippen molar-refractivity contribution >= 4 is 50.6 Å². The van der Waals surface area contributed by atoms with Crippen molar-refractivity contribution in [3.8, 4) is 16.8 Å². The van der Waals surface area contributed by atoms with Crippen LogP contribution in [-0.4, -0.2) is 35.3 Å². The van der Waals surface area contributed by atoms with Gasteiger partial charge in [0.25, 0.3) is 5.56 Å². The van der Waals surface area contributed by atoms with E-state index in [4.69, 9.17) is 4.98 Å². The fraction of sp³-hybridized carbons (Fsp3) is 0.138. The van der Waals surface area contributed by atoms with Crippen molar-refractivity contribution in [1.82, 2.24) is 9.55 Å². The van der Waals surface area contributed by atoms with Gasteiger partial charge in [0.2, 0.25) is 5.91 Å². The Morgan fingerprint density at radius 1 is 0.973 bits per heavy atom. The third kappa shape index (κ3) is 5.16. The maximum absolute atomic E-state index is 14.0. The number of aryl methyl sites for hydroxylation is 1. The van der Waals surface area contributed by atoms with E-state index >= 15 is 0 Å². The molecular formula is C29H26N4O2S2. The first kappa shape index (κ1) is 24.8. The third-order valence-electron chi connectivity index (χ3n) is 5.95. The second-order valence-electron chi connectivity index (χ2n) is 8.73. The highest BCUT2D eigenvalue weighted by Crippen LogP contribution is 2.37. The molecule has 0 radical (unpaired) electrons. The van der Waals surface area contributed by atoms with Crippen LogP contribution in [0.4, 0.5) is 11.4 Å². The number of nitrogens with one attached hydrogen (secondary N) is 1. The average molecular weight is 527 g/mol. The van der Waals surface area contributed by atoms with Crippen LogP contribution in [0.5, 0.6) is 0 Å². The van der Waals surface area contributed by atoms with E-state index in [0.717, 1.165) is 27.4 Å². The van der Waals surface area contributed by atoms with Gasteiger partial charge in [0.05, 0.1) is 16.8 Å². The van der Waals surface area contributed by atoms with Crippen molar-refractivity contribution in [2.75, 3.05) is 30.1 Å². The number of fused-ring (bicyclic) bond motifs is 1. The van der Waals surface area contributed by atoms with Crippen molar-refractivity contribution in [3.63, 3.8) is 0 Å². The summed E-state index contributed by atoms with van der Waals surface area (Å²) in [4.78, 5) is 35.4. The van der Waals surface area contributed by atoms with Crippen LogP contribution in [-0.2, 0) is 4.79 Å². The topological polar surface area (TPSA) is 67.2 Å². The number of thioether (sulfide) groups is 1. The highest BCUT2D eigenvalue weighted by atomic mass is 32.2. The van der Waals surface area contributed by atoms with Crippen molar-refractivity contribution in [2.24, 2.45) is 0 Å². The van der Waals surface area contributed by atoms with E-state index in [9.17, 15) is 9.59 Å². The molecule has 5 aromatic rings. The smallest absolute Gasteiger partial charge is 0.268 e. The van der Waals surface area contributed by atoms with Crippen LogP contribution in [0.15, 0.2) is 94.9 Å². The number of para-hydroxylation sites is 1. The molecule has 1 N–H and O–H groups in total. The number of hydrogen-bond acceptors (Lipinski definition) is 6. The van der Waals surface area contributed by atoms with Crippen LogP contribution < -0.4 is 15.8 Å². The Morgan fingerprint density at radius 3 is 2.27 bits per heavy atom. The normalized spacial score (nSPS) is 11.0. The van der Waals surface area contributed by atoms with Gasteiger partial charge in [-0.3, -0.25) is 14.2 Å². The Balaban J connectivity index is 1.50. The first-order valence-electron chi connectivity index (χ1n) is 11.8. The number of carbonyl (C=O) groups is 1. The fourth-order valence-electron chi connectivity index (χ4n) is 4.17. The molecule has 0 bridgehead atoms. The molecular weight excluding hydrogens is 500 g/mol. The van der Waals surface area contributed by atoms with E-state index in [0.29, 0.717) is 21.1 Å². The zero-order valence-corrected chi connectivity index (χ0v) is 22.4. The van der Waals surface area contributed by atoms with Gasteiger partial charge in [0.1, 0.15) is 4.83 Å². The lowest BCUT2D eigenvalue weighted by Crippen LogP contribution is -2.22. The SMILES string of the molecule is Cc1sc2nc(SCC(=O)Nc3ccc(N(C)C)cc3)n(-c3ccccc3)c(=O)c2c1-c1ccccc1. The zero-order valence-electron chi connectivity index (χ0n) is 20.8. The molecule has 2 heterocycles. The first-order valence-corrected chi connectivity index (χ1v) is 13.6. The van der Waals surface area contributed by atoms with Gasteiger partial charge < -0.3 is 10.2 Å². The second kappa shape index (κ2) is 10.6.